The molecule has 16 heavy (non-hydrogen) atoms. The van der Waals surface area contributed by atoms with E-state index in [1.807, 2.05) is 0 Å². The van der Waals surface area contributed by atoms with Gasteiger partial charge in [-0.25, -0.2) is 13.6 Å². The first-order valence-corrected chi connectivity index (χ1v) is 7.85. The summed E-state index contributed by atoms with van der Waals surface area (Å²) in [4.78, 5) is 0. The lowest BCUT2D eigenvalue weighted by Gasteiger charge is -2.59. The summed E-state index contributed by atoms with van der Waals surface area (Å²) in [6.45, 7) is 0. The maximum absolute atomic E-state index is 11.3. The molecule has 4 aliphatic carbocycles. The van der Waals surface area contributed by atoms with E-state index in [9.17, 15) is 8.42 Å². The SMILES string of the molecule is NC1C2CC3CC1CC(CS(N)(=O)=O)(C3)C2. The zero-order valence-corrected chi connectivity index (χ0v) is 10.2. The standard InChI is InChI=1S/C11H20N2O2S/c12-10-8-1-7-2-9(10)5-11(3-7,4-8)6-16(13,14)15/h7-10H,1-6,12H2,(H2,13,14,15). The molecule has 4 N–H and O–H groups in total. The van der Waals surface area contributed by atoms with Crippen LogP contribution < -0.4 is 10.9 Å². The van der Waals surface area contributed by atoms with Crippen LogP contribution in [0.2, 0.25) is 0 Å². The maximum atomic E-state index is 11.3. The summed E-state index contributed by atoms with van der Waals surface area (Å²) >= 11 is 0. The average molecular weight is 244 g/mol. The first kappa shape index (κ1) is 11.0. The fourth-order valence-corrected chi connectivity index (χ4v) is 6.04. The highest BCUT2D eigenvalue weighted by molar-refractivity contribution is 7.89. The van der Waals surface area contributed by atoms with Gasteiger partial charge in [0.15, 0.2) is 0 Å². The normalized spacial score (nSPS) is 50.9. The Morgan fingerprint density at radius 1 is 1.12 bits per heavy atom. The molecule has 0 aromatic heterocycles. The summed E-state index contributed by atoms with van der Waals surface area (Å²) in [6, 6.07) is 0.310. The molecule has 0 aromatic rings. The van der Waals surface area contributed by atoms with E-state index in [4.69, 9.17) is 10.9 Å². The number of primary sulfonamides is 1. The lowest BCUT2D eigenvalue weighted by atomic mass is 9.48. The van der Waals surface area contributed by atoms with Crippen molar-refractivity contribution >= 4 is 10.0 Å². The van der Waals surface area contributed by atoms with Crippen molar-refractivity contribution in [2.45, 2.75) is 38.1 Å². The Balaban J connectivity index is 1.88. The fraction of sp³-hybridized carbons (Fsp3) is 1.00. The first-order valence-electron chi connectivity index (χ1n) is 6.13. The maximum Gasteiger partial charge on any atom is 0.209 e. The van der Waals surface area contributed by atoms with E-state index in [2.05, 4.69) is 0 Å². The minimum Gasteiger partial charge on any atom is -0.327 e. The van der Waals surface area contributed by atoms with Gasteiger partial charge in [0.1, 0.15) is 0 Å². The third kappa shape index (κ3) is 1.69. The van der Waals surface area contributed by atoms with Crippen molar-refractivity contribution in [2.75, 3.05) is 5.75 Å². The van der Waals surface area contributed by atoms with Crippen LogP contribution in [0.1, 0.15) is 32.1 Å². The van der Waals surface area contributed by atoms with Crippen LogP contribution in [0.3, 0.4) is 0 Å². The number of nitrogens with two attached hydrogens (primary N) is 2. The summed E-state index contributed by atoms with van der Waals surface area (Å²) < 4.78 is 22.7. The molecule has 0 aliphatic heterocycles. The van der Waals surface area contributed by atoms with Crippen molar-refractivity contribution in [1.29, 1.82) is 0 Å². The van der Waals surface area contributed by atoms with E-state index in [1.165, 1.54) is 12.8 Å². The molecule has 4 rings (SSSR count). The second-order valence-electron chi connectivity index (χ2n) is 6.35. The van der Waals surface area contributed by atoms with Gasteiger partial charge in [-0.3, -0.25) is 0 Å². The number of rotatable bonds is 2. The lowest BCUT2D eigenvalue weighted by Crippen LogP contribution is -2.58. The summed E-state index contributed by atoms with van der Waals surface area (Å²) in [5.74, 6) is 1.98. The molecule has 0 aromatic carbocycles. The third-order valence-electron chi connectivity index (χ3n) is 4.98. The van der Waals surface area contributed by atoms with E-state index in [-0.39, 0.29) is 11.2 Å². The average Bonchev–Trinajstić information content (AvgIpc) is 2.08. The van der Waals surface area contributed by atoms with Crippen molar-refractivity contribution in [3.63, 3.8) is 0 Å². The zero-order valence-electron chi connectivity index (χ0n) is 9.43. The third-order valence-corrected chi connectivity index (χ3v) is 6.00. The summed E-state index contributed by atoms with van der Waals surface area (Å²) in [5, 5.41) is 5.23. The highest BCUT2D eigenvalue weighted by Gasteiger charge is 2.55. The molecule has 0 amide bonds. The topological polar surface area (TPSA) is 86.2 Å². The van der Waals surface area contributed by atoms with E-state index in [1.54, 1.807) is 0 Å². The van der Waals surface area contributed by atoms with Gasteiger partial charge in [0.05, 0.1) is 5.75 Å². The van der Waals surface area contributed by atoms with Gasteiger partial charge in [-0.15, -0.1) is 0 Å². The molecule has 4 saturated carbocycles. The lowest BCUT2D eigenvalue weighted by molar-refractivity contribution is -0.0541. The van der Waals surface area contributed by atoms with E-state index in [0.29, 0.717) is 23.8 Å². The van der Waals surface area contributed by atoms with Gasteiger partial charge in [-0.05, 0) is 55.3 Å². The highest BCUT2D eigenvalue weighted by Crippen LogP contribution is 2.59. The van der Waals surface area contributed by atoms with Gasteiger partial charge in [0.2, 0.25) is 10.0 Å². The van der Waals surface area contributed by atoms with Gasteiger partial charge in [-0.1, -0.05) is 0 Å². The van der Waals surface area contributed by atoms with Crippen molar-refractivity contribution in [3.8, 4) is 0 Å². The Morgan fingerprint density at radius 2 is 1.69 bits per heavy atom. The number of hydrogen-bond acceptors (Lipinski definition) is 3. The molecule has 2 atom stereocenters. The quantitative estimate of drug-likeness (QED) is 0.738. The minimum atomic E-state index is -3.34. The first-order chi connectivity index (χ1) is 7.37. The van der Waals surface area contributed by atoms with Crippen LogP contribution >= 0.6 is 0 Å². The zero-order chi connectivity index (χ0) is 11.6. The van der Waals surface area contributed by atoms with Crippen LogP contribution in [0, 0.1) is 23.2 Å². The second-order valence-corrected chi connectivity index (χ2v) is 7.97. The molecule has 2 unspecified atom stereocenters. The number of sulfonamides is 1. The Bertz CT molecular complexity index is 390. The Kier molecular flexibility index (Phi) is 2.20. The van der Waals surface area contributed by atoms with Crippen LogP contribution in [0.5, 0.6) is 0 Å². The molecule has 92 valence electrons. The van der Waals surface area contributed by atoms with Crippen LogP contribution in [0.15, 0.2) is 0 Å². The minimum absolute atomic E-state index is 0.0278. The molecule has 0 radical (unpaired) electrons. The van der Waals surface area contributed by atoms with Crippen LogP contribution in [-0.2, 0) is 10.0 Å². The van der Waals surface area contributed by atoms with Crippen molar-refractivity contribution in [2.24, 2.45) is 34.0 Å². The van der Waals surface area contributed by atoms with Crippen molar-refractivity contribution in [1.82, 2.24) is 0 Å². The number of hydrogen-bond donors (Lipinski definition) is 2. The molecule has 0 spiro atoms. The summed E-state index contributed by atoms with van der Waals surface area (Å²) in [6.07, 6.45) is 5.45. The molecule has 4 bridgehead atoms. The summed E-state index contributed by atoms with van der Waals surface area (Å²) in [7, 11) is -3.34. The van der Waals surface area contributed by atoms with Gasteiger partial charge >= 0.3 is 0 Å². The molecular weight excluding hydrogens is 224 g/mol. The van der Waals surface area contributed by atoms with Crippen molar-refractivity contribution < 1.29 is 8.42 Å². The van der Waals surface area contributed by atoms with Gasteiger partial charge in [0, 0.05) is 6.04 Å². The molecule has 4 nitrogen and oxygen atoms in total. The fourth-order valence-electron chi connectivity index (χ4n) is 4.84. The van der Waals surface area contributed by atoms with E-state index >= 15 is 0 Å². The summed E-state index contributed by atoms with van der Waals surface area (Å²) in [5.41, 5.74) is 6.18. The van der Waals surface area contributed by atoms with E-state index < -0.39 is 10.0 Å². The van der Waals surface area contributed by atoms with Gasteiger partial charge in [0.25, 0.3) is 0 Å². The Labute approximate surface area is 96.8 Å². The van der Waals surface area contributed by atoms with Crippen LogP contribution in [0.4, 0.5) is 0 Å². The molecule has 4 aliphatic rings. The van der Waals surface area contributed by atoms with Crippen molar-refractivity contribution in [3.05, 3.63) is 0 Å². The monoisotopic (exact) mass is 244 g/mol. The van der Waals surface area contributed by atoms with E-state index in [0.717, 1.165) is 19.3 Å². The largest absolute Gasteiger partial charge is 0.327 e. The van der Waals surface area contributed by atoms with Gasteiger partial charge in [-0.2, -0.15) is 0 Å². The Hall–Kier alpha value is -0.130. The predicted octanol–water partition coefficient (Wildman–Crippen LogP) is 0.428. The smallest absolute Gasteiger partial charge is 0.209 e. The van der Waals surface area contributed by atoms with Crippen LogP contribution in [0.25, 0.3) is 0 Å². The Morgan fingerprint density at radius 3 is 2.19 bits per heavy atom. The predicted molar refractivity (Wildman–Crippen MR) is 61.9 cm³/mol. The second kappa shape index (κ2) is 3.21. The highest BCUT2D eigenvalue weighted by atomic mass is 32.2. The molecule has 0 saturated heterocycles. The molecule has 5 heteroatoms. The molecule has 0 heterocycles. The molecular formula is C11H20N2O2S. The van der Waals surface area contributed by atoms with Crippen LogP contribution in [-0.4, -0.2) is 20.2 Å². The molecule has 4 fully saturated rings. The van der Waals surface area contributed by atoms with Gasteiger partial charge < -0.3 is 5.73 Å².